The van der Waals surface area contributed by atoms with Gasteiger partial charge in [0.1, 0.15) is 0 Å². The van der Waals surface area contributed by atoms with Crippen molar-refractivity contribution in [1.29, 1.82) is 0 Å². The van der Waals surface area contributed by atoms with Crippen LogP contribution in [0.5, 0.6) is 5.75 Å². The van der Waals surface area contributed by atoms with Gasteiger partial charge in [-0.3, -0.25) is 16.0 Å². The fourth-order valence-corrected chi connectivity index (χ4v) is 2.77. The van der Waals surface area contributed by atoms with Crippen molar-refractivity contribution in [2.24, 2.45) is 18.8 Å². The average molecular weight is 274 g/mol. The number of methoxy groups -OCH3 is 1. The molecule has 1 aromatic rings. The van der Waals surface area contributed by atoms with Crippen LogP contribution in [0.4, 0.5) is 8.78 Å². The first-order chi connectivity index (χ1) is 8.98. The Morgan fingerprint density at radius 2 is 2.16 bits per heavy atom. The third-order valence-electron chi connectivity index (χ3n) is 3.88. The van der Waals surface area contributed by atoms with Crippen molar-refractivity contribution in [3.05, 3.63) is 11.9 Å². The highest BCUT2D eigenvalue weighted by Gasteiger charge is 2.39. The number of nitrogens with one attached hydrogen (secondary N) is 1. The Morgan fingerprint density at radius 1 is 1.53 bits per heavy atom. The fraction of sp³-hybridized carbons (Fsp3) is 0.750. The average Bonchev–Trinajstić information content (AvgIpc) is 2.74. The molecule has 0 spiro atoms. The number of alkyl halides is 2. The molecule has 1 fully saturated rings. The highest BCUT2D eigenvalue weighted by atomic mass is 19.3. The molecule has 0 aromatic carbocycles. The Morgan fingerprint density at radius 3 is 2.68 bits per heavy atom. The van der Waals surface area contributed by atoms with E-state index in [4.69, 9.17) is 10.6 Å². The van der Waals surface area contributed by atoms with Crippen LogP contribution in [-0.4, -0.2) is 22.8 Å². The van der Waals surface area contributed by atoms with Crippen LogP contribution in [0, 0.1) is 5.92 Å². The molecule has 5 nitrogen and oxygen atoms in total. The van der Waals surface area contributed by atoms with Crippen molar-refractivity contribution >= 4 is 0 Å². The van der Waals surface area contributed by atoms with Gasteiger partial charge in [-0.2, -0.15) is 5.10 Å². The molecule has 7 heteroatoms. The van der Waals surface area contributed by atoms with E-state index < -0.39 is 5.92 Å². The number of rotatable bonds is 4. The van der Waals surface area contributed by atoms with E-state index in [0.717, 1.165) is 5.69 Å². The molecule has 1 unspecified atom stereocenters. The third kappa shape index (κ3) is 2.87. The quantitative estimate of drug-likeness (QED) is 0.648. The Balaban J connectivity index is 2.18. The Hall–Kier alpha value is -1.21. The summed E-state index contributed by atoms with van der Waals surface area (Å²) in [6.45, 7) is 0. The lowest BCUT2D eigenvalue weighted by atomic mass is 9.81. The minimum absolute atomic E-state index is 0.0638. The molecule has 108 valence electrons. The smallest absolute Gasteiger partial charge is 0.248 e. The highest BCUT2D eigenvalue weighted by molar-refractivity contribution is 5.28. The number of hydrogen-bond acceptors (Lipinski definition) is 4. The van der Waals surface area contributed by atoms with Gasteiger partial charge in [-0.1, -0.05) is 0 Å². The molecule has 3 N–H and O–H groups in total. The van der Waals surface area contributed by atoms with Gasteiger partial charge in [0, 0.05) is 19.9 Å². The van der Waals surface area contributed by atoms with Crippen molar-refractivity contribution < 1.29 is 13.5 Å². The maximum atomic E-state index is 13.2. The maximum absolute atomic E-state index is 13.2. The molecular formula is C12H20F2N4O. The van der Waals surface area contributed by atoms with Crippen LogP contribution in [0.1, 0.15) is 37.4 Å². The van der Waals surface area contributed by atoms with E-state index in [9.17, 15) is 8.78 Å². The van der Waals surface area contributed by atoms with Gasteiger partial charge in [-0.25, -0.2) is 8.78 Å². The summed E-state index contributed by atoms with van der Waals surface area (Å²) in [5.74, 6) is 3.78. The highest BCUT2D eigenvalue weighted by Crippen LogP contribution is 2.42. The molecule has 0 bridgehead atoms. The van der Waals surface area contributed by atoms with Crippen LogP contribution >= 0.6 is 0 Å². The van der Waals surface area contributed by atoms with Crippen LogP contribution in [-0.2, 0) is 7.05 Å². The summed E-state index contributed by atoms with van der Waals surface area (Å²) in [7, 11) is 3.35. The minimum Gasteiger partial charge on any atom is -0.493 e. The van der Waals surface area contributed by atoms with E-state index in [-0.39, 0.29) is 24.8 Å². The van der Waals surface area contributed by atoms with Crippen LogP contribution in [0.3, 0.4) is 0 Å². The van der Waals surface area contributed by atoms with Gasteiger partial charge in [-0.15, -0.1) is 0 Å². The monoisotopic (exact) mass is 274 g/mol. The molecule has 1 aliphatic carbocycles. The molecule has 0 radical (unpaired) electrons. The van der Waals surface area contributed by atoms with E-state index in [2.05, 4.69) is 10.5 Å². The number of nitrogens with zero attached hydrogens (tertiary/aromatic N) is 2. The van der Waals surface area contributed by atoms with Gasteiger partial charge in [0.25, 0.3) is 0 Å². The van der Waals surface area contributed by atoms with Crippen molar-refractivity contribution in [2.75, 3.05) is 7.11 Å². The lowest BCUT2D eigenvalue weighted by Crippen LogP contribution is -2.38. The number of hydrazine groups is 1. The predicted octanol–water partition coefficient (Wildman–Crippen LogP) is 1.76. The van der Waals surface area contributed by atoms with Crippen molar-refractivity contribution in [3.8, 4) is 5.75 Å². The van der Waals surface area contributed by atoms with Gasteiger partial charge in [0.05, 0.1) is 25.0 Å². The van der Waals surface area contributed by atoms with E-state index in [1.165, 1.54) is 0 Å². The summed E-state index contributed by atoms with van der Waals surface area (Å²) in [4.78, 5) is 0. The second-order valence-electron chi connectivity index (χ2n) is 5.06. The third-order valence-corrected chi connectivity index (χ3v) is 3.88. The summed E-state index contributed by atoms with van der Waals surface area (Å²) in [5, 5.41) is 4.13. The minimum atomic E-state index is -2.54. The first-order valence-corrected chi connectivity index (χ1v) is 6.38. The molecule has 0 aliphatic heterocycles. The Labute approximate surface area is 111 Å². The molecule has 1 heterocycles. The van der Waals surface area contributed by atoms with Crippen LogP contribution in [0.25, 0.3) is 0 Å². The molecule has 1 atom stereocenters. The van der Waals surface area contributed by atoms with Crippen molar-refractivity contribution in [2.45, 2.75) is 37.6 Å². The normalized spacial score (nSPS) is 21.3. The lowest BCUT2D eigenvalue weighted by molar-refractivity contribution is -0.0501. The first-order valence-electron chi connectivity index (χ1n) is 6.38. The SMILES string of the molecule is COc1cnn(C)c1C(NN)C1CCC(F)(F)CC1. The van der Waals surface area contributed by atoms with Gasteiger partial charge >= 0.3 is 0 Å². The second kappa shape index (κ2) is 5.42. The molecule has 1 saturated carbocycles. The molecule has 19 heavy (non-hydrogen) atoms. The van der Waals surface area contributed by atoms with E-state index in [1.807, 2.05) is 0 Å². The number of nitrogens with two attached hydrogens (primary N) is 1. The standard InChI is InChI=1S/C12H20F2N4O/c1-18-11(9(19-2)7-16-18)10(17-15)8-3-5-12(13,14)6-4-8/h7-8,10,17H,3-6,15H2,1-2H3. The molecule has 1 aromatic heterocycles. The Kier molecular flexibility index (Phi) is 4.05. The molecule has 2 rings (SSSR count). The lowest BCUT2D eigenvalue weighted by Gasteiger charge is -2.33. The van der Waals surface area contributed by atoms with Crippen LogP contribution in [0.15, 0.2) is 6.20 Å². The maximum Gasteiger partial charge on any atom is 0.248 e. The summed E-state index contributed by atoms with van der Waals surface area (Å²) in [6.07, 6.45) is 2.32. The van der Waals surface area contributed by atoms with E-state index in [0.29, 0.717) is 18.6 Å². The van der Waals surface area contributed by atoms with Crippen LogP contribution < -0.4 is 16.0 Å². The van der Waals surface area contributed by atoms with Gasteiger partial charge in [0.15, 0.2) is 5.75 Å². The van der Waals surface area contributed by atoms with Crippen molar-refractivity contribution in [1.82, 2.24) is 15.2 Å². The molecule has 0 saturated heterocycles. The largest absolute Gasteiger partial charge is 0.493 e. The van der Waals surface area contributed by atoms with Gasteiger partial charge in [-0.05, 0) is 18.8 Å². The number of aromatic nitrogens is 2. The van der Waals surface area contributed by atoms with Crippen LogP contribution in [0.2, 0.25) is 0 Å². The molecule has 0 amide bonds. The van der Waals surface area contributed by atoms with Crippen molar-refractivity contribution in [3.63, 3.8) is 0 Å². The summed E-state index contributed by atoms with van der Waals surface area (Å²) in [5.41, 5.74) is 3.54. The summed E-state index contributed by atoms with van der Waals surface area (Å²) < 4.78 is 33.4. The number of aryl methyl sites for hydroxylation is 1. The van der Waals surface area contributed by atoms with Gasteiger partial charge in [0.2, 0.25) is 5.92 Å². The first kappa shape index (κ1) is 14.2. The Bertz CT molecular complexity index is 425. The molecular weight excluding hydrogens is 254 g/mol. The summed E-state index contributed by atoms with van der Waals surface area (Å²) in [6, 6.07) is -0.224. The van der Waals surface area contributed by atoms with E-state index >= 15 is 0 Å². The second-order valence-corrected chi connectivity index (χ2v) is 5.06. The summed E-state index contributed by atoms with van der Waals surface area (Å²) >= 11 is 0. The zero-order chi connectivity index (χ0) is 14.0. The zero-order valence-corrected chi connectivity index (χ0v) is 11.2. The number of hydrogen-bond donors (Lipinski definition) is 2. The molecule has 1 aliphatic rings. The number of ether oxygens (including phenoxy) is 1. The van der Waals surface area contributed by atoms with Gasteiger partial charge < -0.3 is 4.74 Å². The van der Waals surface area contributed by atoms with E-state index in [1.54, 1.807) is 25.0 Å². The topological polar surface area (TPSA) is 65.1 Å². The zero-order valence-electron chi connectivity index (χ0n) is 11.2. The number of halogens is 2. The predicted molar refractivity (Wildman–Crippen MR) is 66.7 cm³/mol. The fourth-order valence-electron chi connectivity index (χ4n) is 2.77.